The highest BCUT2D eigenvalue weighted by atomic mass is 16.3. The molecule has 4 heteroatoms. The Kier molecular flexibility index (Phi) is 2.64. The van der Waals surface area contributed by atoms with Crippen LogP contribution in [0.4, 0.5) is 11.4 Å². The van der Waals surface area contributed by atoms with Gasteiger partial charge in [-0.25, -0.2) is 0 Å². The van der Waals surface area contributed by atoms with Crippen LogP contribution in [0, 0.1) is 23.2 Å². The van der Waals surface area contributed by atoms with Crippen LogP contribution in [0.15, 0.2) is 18.2 Å². The van der Waals surface area contributed by atoms with Crippen molar-refractivity contribution < 1.29 is 5.11 Å². The van der Waals surface area contributed by atoms with E-state index in [4.69, 9.17) is 11.0 Å². The van der Waals surface area contributed by atoms with Crippen molar-refractivity contribution in [1.82, 2.24) is 0 Å². The standard InChI is InChI=1S/C14H17N3O/c15-6-9-1-3-11(5-13(9)16)17-7-10-2-4-14(18)12(10)8-17/h1,3,5,10,12,14,18H,2,4,7-8,16H2. The molecule has 0 amide bonds. The van der Waals surface area contributed by atoms with Crippen molar-refractivity contribution in [2.45, 2.75) is 18.9 Å². The third-order valence-corrected chi connectivity index (χ3v) is 4.34. The lowest BCUT2D eigenvalue weighted by atomic mass is 10.00. The molecule has 0 radical (unpaired) electrons. The fourth-order valence-corrected chi connectivity index (χ4v) is 3.30. The van der Waals surface area contributed by atoms with Crippen LogP contribution in [-0.4, -0.2) is 24.3 Å². The Labute approximate surface area is 107 Å². The molecule has 3 atom stereocenters. The van der Waals surface area contributed by atoms with Gasteiger partial charge in [0.05, 0.1) is 17.4 Å². The smallest absolute Gasteiger partial charge is 0.101 e. The molecular formula is C14H17N3O. The molecule has 3 rings (SSSR count). The van der Waals surface area contributed by atoms with Gasteiger partial charge < -0.3 is 15.7 Å². The molecule has 2 aliphatic rings. The van der Waals surface area contributed by atoms with Gasteiger partial charge in [-0.3, -0.25) is 0 Å². The molecule has 1 aliphatic carbocycles. The fourth-order valence-electron chi connectivity index (χ4n) is 3.30. The summed E-state index contributed by atoms with van der Waals surface area (Å²) in [7, 11) is 0. The van der Waals surface area contributed by atoms with Crippen LogP contribution >= 0.6 is 0 Å². The van der Waals surface area contributed by atoms with Gasteiger partial charge in [-0.05, 0) is 37.0 Å². The number of hydrogen-bond acceptors (Lipinski definition) is 4. The van der Waals surface area contributed by atoms with Crippen LogP contribution in [-0.2, 0) is 0 Å². The molecule has 3 unspecified atom stereocenters. The minimum atomic E-state index is -0.143. The Morgan fingerprint density at radius 1 is 1.33 bits per heavy atom. The number of nitriles is 1. The zero-order valence-corrected chi connectivity index (χ0v) is 10.2. The predicted molar refractivity (Wildman–Crippen MR) is 70.0 cm³/mol. The highest BCUT2D eigenvalue weighted by molar-refractivity contribution is 5.64. The maximum atomic E-state index is 9.91. The first-order valence-electron chi connectivity index (χ1n) is 6.41. The van der Waals surface area contributed by atoms with Gasteiger partial charge in [-0.15, -0.1) is 0 Å². The molecule has 18 heavy (non-hydrogen) atoms. The van der Waals surface area contributed by atoms with Crippen molar-refractivity contribution in [2.24, 2.45) is 11.8 Å². The number of nitrogen functional groups attached to an aromatic ring is 1. The SMILES string of the molecule is N#Cc1ccc(N2CC3CCC(O)C3C2)cc1N. The van der Waals surface area contributed by atoms with E-state index in [9.17, 15) is 5.11 Å². The van der Waals surface area contributed by atoms with Gasteiger partial charge in [-0.1, -0.05) is 0 Å². The van der Waals surface area contributed by atoms with Crippen LogP contribution in [0.1, 0.15) is 18.4 Å². The summed E-state index contributed by atoms with van der Waals surface area (Å²) in [5, 5.41) is 18.8. The molecule has 1 aromatic carbocycles. The maximum Gasteiger partial charge on any atom is 0.101 e. The number of aliphatic hydroxyl groups excluding tert-OH is 1. The third-order valence-electron chi connectivity index (χ3n) is 4.34. The average Bonchev–Trinajstić information content (AvgIpc) is 2.92. The molecule has 0 bridgehead atoms. The van der Waals surface area contributed by atoms with Crippen molar-refractivity contribution in [3.8, 4) is 6.07 Å². The quantitative estimate of drug-likeness (QED) is 0.730. The molecule has 4 nitrogen and oxygen atoms in total. The van der Waals surface area contributed by atoms with Crippen molar-refractivity contribution in [1.29, 1.82) is 5.26 Å². The number of nitrogens with two attached hydrogens (primary N) is 1. The normalized spacial score (nSPS) is 30.2. The first-order valence-corrected chi connectivity index (χ1v) is 6.41. The molecule has 2 fully saturated rings. The van der Waals surface area contributed by atoms with E-state index in [1.165, 1.54) is 0 Å². The molecule has 0 aromatic heterocycles. The fraction of sp³-hybridized carbons (Fsp3) is 0.500. The second-order valence-corrected chi connectivity index (χ2v) is 5.36. The Balaban J connectivity index is 1.81. The average molecular weight is 243 g/mol. The van der Waals surface area contributed by atoms with Gasteiger partial charge in [0, 0.05) is 24.7 Å². The van der Waals surface area contributed by atoms with Gasteiger partial charge in [0.1, 0.15) is 6.07 Å². The Bertz CT molecular complexity index is 508. The molecule has 94 valence electrons. The summed E-state index contributed by atoms with van der Waals surface area (Å²) in [6.07, 6.45) is 1.92. The molecule has 1 saturated heterocycles. The second kappa shape index (κ2) is 4.18. The van der Waals surface area contributed by atoms with Crippen molar-refractivity contribution in [3.63, 3.8) is 0 Å². The van der Waals surface area contributed by atoms with Gasteiger partial charge in [-0.2, -0.15) is 5.26 Å². The minimum Gasteiger partial charge on any atom is -0.398 e. The van der Waals surface area contributed by atoms with E-state index in [-0.39, 0.29) is 6.10 Å². The van der Waals surface area contributed by atoms with E-state index in [1.807, 2.05) is 12.1 Å². The monoisotopic (exact) mass is 243 g/mol. The summed E-state index contributed by atoms with van der Waals surface area (Å²) in [5.41, 5.74) is 7.97. The van der Waals surface area contributed by atoms with Gasteiger partial charge in [0.2, 0.25) is 0 Å². The van der Waals surface area contributed by atoms with Gasteiger partial charge >= 0.3 is 0 Å². The van der Waals surface area contributed by atoms with Crippen molar-refractivity contribution in [3.05, 3.63) is 23.8 Å². The van der Waals surface area contributed by atoms with E-state index >= 15 is 0 Å². The van der Waals surface area contributed by atoms with Gasteiger partial charge in [0.25, 0.3) is 0 Å². The van der Waals surface area contributed by atoms with Crippen LogP contribution in [0.3, 0.4) is 0 Å². The molecular weight excluding hydrogens is 226 g/mol. The number of anilines is 2. The lowest BCUT2D eigenvalue weighted by Gasteiger charge is -2.21. The van der Waals surface area contributed by atoms with E-state index in [1.54, 1.807) is 6.07 Å². The summed E-state index contributed by atoms with van der Waals surface area (Å²) in [5.74, 6) is 1.01. The molecule has 3 N–H and O–H groups in total. The molecule has 1 aliphatic heterocycles. The second-order valence-electron chi connectivity index (χ2n) is 5.36. The number of hydrogen-bond donors (Lipinski definition) is 2. The zero-order chi connectivity index (χ0) is 12.7. The lowest BCUT2D eigenvalue weighted by molar-refractivity contribution is 0.133. The Morgan fingerprint density at radius 3 is 2.83 bits per heavy atom. The summed E-state index contributed by atoms with van der Waals surface area (Å²) in [6.45, 7) is 1.89. The van der Waals surface area contributed by atoms with Crippen molar-refractivity contribution in [2.75, 3.05) is 23.7 Å². The summed E-state index contributed by atoms with van der Waals surface area (Å²) in [4.78, 5) is 2.27. The largest absolute Gasteiger partial charge is 0.398 e. The van der Waals surface area contributed by atoms with Crippen LogP contribution < -0.4 is 10.6 Å². The highest BCUT2D eigenvalue weighted by Crippen LogP contribution is 2.40. The molecule has 1 heterocycles. The number of rotatable bonds is 1. The number of aliphatic hydroxyl groups is 1. The summed E-state index contributed by atoms with van der Waals surface area (Å²) >= 11 is 0. The van der Waals surface area contributed by atoms with Crippen molar-refractivity contribution >= 4 is 11.4 Å². The van der Waals surface area contributed by atoms with Crippen LogP contribution in [0.2, 0.25) is 0 Å². The lowest BCUT2D eigenvalue weighted by Crippen LogP contribution is -2.24. The van der Waals surface area contributed by atoms with E-state index in [0.717, 1.165) is 31.6 Å². The molecule has 1 aromatic rings. The summed E-state index contributed by atoms with van der Waals surface area (Å²) in [6, 6.07) is 7.66. The predicted octanol–water partition coefficient (Wildman–Crippen LogP) is 1.35. The number of nitrogens with zero attached hydrogens (tertiary/aromatic N) is 2. The minimum absolute atomic E-state index is 0.143. The first-order chi connectivity index (χ1) is 8.69. The van der Waals surface area contributed by atoms with Crippen LogP contribution in [0.25, 0.3) is 0 Å². The third kappa shape index (κ3) is 1.72. The number of fused-ring (bicyclic) bond motifs is 1. The Hall–Kier alpha value is -1.73. The van der Waals surface area contributed by atoms with E-state index < -0.39 is 0 Å². The summed E-state index contributed by atoms with van der Waals surface area (Å²) < 4.78 is 0. The zero-order valence-electron chi connectivity index (χ0n) is 10.2. The first kappa shape index (κ1) is 11.4. The van der Waals surface area contributed by atoms with E-state index in [0.29, 0.717) is 23.1 Å². The van der Waals surface area contributed by atoms with Crippen LogP contribution in [0.5, 0.6) is 0 Å². The van der Waals surface area contributed by atoms with E-state index in [2.05, 4.69) is 11.0 Å². The maximum absolute atomic E-state index is 9.91. The Morgan fingerprint density at radius 2 is 2.17 bits per heavy atom. The molecule has 0 spiro atoms. The number of benzene rings is 1. The molecule has 1 saturated carbocycles. The topological polar surface area (TPSA) is 73.3 Å². The highest BCUT2D eigenvalue weighted by Gasteiger charge is 2.41. The van der Waals surface area contributed by atoms with Gasteiger partial charge in [0.15, 0.2) is 0 Å².